The Kier molecular flexibility index (Phi) is 6.13. The lowest BCUT2D eigenvalue weighted by Gasteiger charge is -2.37. The molecule has 0 spiro atoms. The molecule has 1 aliphatic rings. The summed E-state index contributed by atoms with van der Waals surface area (Å²) in [6.07, 6.45) is 8.13. The van der Waals surface area contributed by atoms with Gasteiger partial charge >= 0.3 is 0 Å². The van der Waals surface area contributed by atoms with Crippen LogP contribution in [0.5, 0.6) is 0 Å². The van der Waals surface area contributed by atoms with Gasteiger partial charge in [-0.3, -0.25) is 19.9 Å². The normalized spacial score (nSPS) is 17.9. The van der Waals surface area contributed by atoms with Crippen molar-refractivity contribution in [2.24, 2.45) is 0 Å². The molecule has 4 aromatic rings. The van der Waals surface area contributed by atoms with E-state index in [0.717, 1.165) is 12.8 Å². The van der Waals surface area contributed by atoms with Crippen LogP contribution >= 0.6 is 0 Å². The number of carbonyl (C=O) groups excluding carboxylic acids is 1. The lowest BCUT2D eigenvalue weighted by Crippen LogP contribution is -2.44. The van der Waals surface area contributed by atoms with Gasteiger partial charge in [0.15, 0.2) is 0 Å². The highest BCUT2D eigenvalue weighted by molar-refractivity contribution is 5.74. The minimum Gasteiger partial charge on any atom is -0.340 e. The predicted molar refractivity (Wildman–Crippen MR) is 127 cm³/mol. The molecule has 1 saturated heterocycles. The number of hydrogen-bond acceptors (Lipinski definition) is 8. The molecular weight excluding hydrogens is 449 g/mol. The van der Waals surface area contributed by atoms with Crippen molar-refractivity contribution in [2.45, 2.75) is 38.6 Å². The van der Waals surface area contributed by atoms with Crippen LogP contribution in [-0.4, -0.2) is 58.7 Å². The Bertz CT molecular complexity index is 1330. The molecule has 0 bridgehead atoms. The highest BCUT2D eigenvalue weighted by atomic mass is 19.1. The number of nitrogens with zero attached hydrogens (tertiary/aromatic N) is 7. The molecule has 2 N–H and O–H groups in total. The van der Waals surface area contributed by atoms with E-state index in [1.807, 2.05) is 4.90 Å². The Morgan fingerprint density at radius 1 is 1.11 bits per heavy atom. The molecule has 10 nitrogen and oxygen atoms in total. The minimum atomic E-state index is -0.421. The van der Waals surface area contributed by atoms with Gasteiger partial charge in [-0.1, -0.05) is 5.21 Å². The van der Waals surface area contributed by atoms with Crippen LogP contribution in [0.25, 0.3) is 22.6 Å². The molecule has 35 heavy (non-hydrogen) atoms. The molecule has 1 aromatic carbocycles. The largest absolute Gasteiger partial charge is 0.340 e. The van der Waals surface area contributed by atoms with Gasteiger partial charge in [-0.15, -0.1) is 5.10 Å². The van der Waals surface area contributed by atoms with E-state index in [9.17, 15) is 9.18 Å². The van der Waals surface area contributed by atoms with E-state index in [-0.39, 0.29) is 17.9 Å². The molecule has 1 aliphatic heterocycles. The number of amides is 1. The fourth-order valence-corrected chi connectivity index (χ4v) is 4.33. The first-order valence-corrected chi connectivity index (χ1v) is 11.3. The number of carbonyl (C=O) groups is 1. The number of benzene rings is 1. The quantitative estimate of drug-likeness (QED) is 0.449. The standard InChI is InChI=1S/C24H24FN9O/c1-14-3-4-16(13-34(14)15(2)35)24-30-20(22-11-26-5-6-27-22)10-23(31-24)29-19-8-17(7-18(25)9-19)21-12-28-33-32-21/h5-12,14,16H,3-4,13H2,1-2H3,(H,28,32,33)(H,29,30,31)/t14-,16+/m0/s1. The fourth-order valence-electron chi connectivity index (χ4n) is 4.33. The number of anilines is 2. The van der Waals surface area contributed by atoms with E-state index in [1.165, 1.54) is 12.1 Å². The number of halogens is 1. The van der Waals surface area contributed by atoms with Gasteiger partial charge in [0, 0.05) is 61.3 Å². The maximum Gasteiger partial charge on any atom is 0.219 e. The third-order valence-corrected chi connectivity index (χ3v) is 6.10. The molecule has 2 atom stereocenters. The number of aromatic nitrogens is 7. The number of H-pyrrole nitrogens is 1. The van der Waals surface area contributed by atoms with Crippen molar-refractivity contribution < 1.29 is 9.18 Å². The van der Waals surface area contributed by atoms with Gasteiger partial charge in [0.1, 0.15) is 28.8 Å². The van der Waals surface area contributed by atoms with E-state index in [0.29, 0.717) is 46.5 Å². The maximum atomic E-state index is 14.4. The molecule has 1 fully saturated rings. The third-order valence-electron chi connectivity index (χ3n) is 6.10. The first-order valence-electron chi connectivity index (χ1n) is 11.3. The monoisotopic (exact) mass is 473 g/mol. The molecule has 0 saturated carbocycles. The van der Waals surface area contributed by atoms with Gasteiger partial charge < -0.3 is 10.2 Å². The highest BCUT2D eigenvalue weighted by Crippen LogP contribution is 2.31. The lowest BCUT2D eigenvalue weighted by atomic mass is 9.92. The molecule has 3 aromatic heterocycles. The van der Waals surface area contributed by atoms with Gasteiger partial charge in [0.2, 0.25) is 5.91 Å². The van der Waals surface area contributed by atoms with Crippen LogP contribution in [0.15, 0.2) is 49.1 Å². The maximum absolute atomic E-state index is 14.4. The molecular formula is C24H24FN9O. The lowest BCUT2D eigenvalue weighted by molar-refractivity contribution is -0.132. The SMILES string of the molecule is CC(=O)N1C[C@H](c2nc(Nc3cc(F)cc(-c4c[nH]nn4)c3)cc(-c3cnccn3)n2)CC[C@@H]1C. The molecule has 0 radical (unpaired) electrons. The number of hydrogen-bond donors (Lipinski definition) is 2. The third kappa shape index (κ3) is 4.98. The summed E-state index contributed by atoms with van der Waals surface area (Å²) in [5.74, 6) is 0.660. The second-order valence-corrected chi connectivity index (χ2v) is 8.59. The first kappa shape index (κ1) is 22.5. The molecule has 1 amide bonds. The zero-order valence-corrected chi connectivity index (χ0v) is 19.3. The van der Waals surface area contributed by atoms with E-state index >= 15 is 0 Å². The van der Waals surface area contributed by atoms with Crippen LogP contribution in [-0.2, 0) is 4.79 Å². The van der Waals surface area contributed by atoms with E-state index in [1.54, 1.807) is 43.8 Å². The van der Waals surface area contributed by atoms with Gasteiger partial charge in [0.25, 0.3) is 0 Å². The second-order valence-electron chi connectivity index (χ2n) is 8.59. The summed E-state index contributed by atoms with van der Waals surface area (Å²) < 4.78 is 14.4. The number of likely N-dealkylation sites (tertiary alicyclic amines) is 1. The second kappa shape index (κ2) is 9.53. The molecule has 0 unspecified atom stereocenters. The summed E-state index contributed by atoms with van der Waals surface area (Å²) in [7, 11) is 0. The summed E-state index contributed by atoms with van der Waals surface area (Å²) in [4.78, 5) is 32.1. The van der Waals surface area contributed by atoms with Crippen LogP contribution in [0.1, 0.15) is 38.4 Å². The van der Waals surface area contributed by atoms with Crippen molar-refractivity contribution in [3.05, 3.63) is 60.7 Å². The summed E-state index contributed by atoms with van der Waals surface area (Å²) >= 11 is 0. The Balaban J connectivity index is 1.52. The highest BCUT2D eigenvalue weighted by Gasteiger charge is 2.30. The van der Waals surface area contributed by atoms with Crippen LogP contribution in [0.3, 0.4) is 0 Å². The molecule has 11 heteroatoms. The zero-order chi connectivity index (χ0) is 24.4. The average molecular weight is 474 g/mol. The van der Waals surface area contributed by atoms with Crippen LogP contribution in [0, 0.1) is 5.82 Å². The fraction of sp³-hybridized carbons (Fsp3) is 0.292. The van der Waals surface area contributed by atoms with Crippen molar-refractivity contribution in [2.75, 3.05) is 11.9 Å². The van der Waals surface area contributed by atoms with Gasteiger partial charge in [-0.25, -0.2) is 14.4 Å². The smallest absolute Gasteiger partial charge is 0.219 e. The van der Waals surface area contributed by atoms with Crippen molar-refractivity contribution in [3.63, 3.8) is 0 Å². The topological polar surface area (TPSA) is 125 Å². The average Bonchev–Trinajstić information content (AvgIpc) is 3.39. The summed E-state index contributed by atoms with van der Waals surface area (Å²) in [5, 5.41) is 13.5. The zero-order valence-electron chi connectivity index (χ0n) is 19.3. The Morgan fingerprint density at radius 3 is 2.74 bits per heavy atom. The Labute approximate surface area is 201 Å². The van der Waals surface area contributed by atoms with Crippen molar-refractivity contribution in [1.82, 2.24) is 40.2 Å². The van der Waals surface area contributed by atoms with Crippen LogP contribution < -0.4 is 5.32 Å². The van der Waals surface area contributed by atoms with E-state index < -0.39 is 5.82 Å². The van der Waals surface area contributed by atoms with Crippen LogP contribution in [0.2, 0.25) is 0 Å². The van der Waals surface area contributed by atoms with Gasteiger partial charge in [-0.05, 0) is 38.0 Å². The van der Waals surface area contributed by atoms with Crippen molar-refractivity contribution >= 4 is 17.4 Å². The summed E-state index contributed by atoms with van der Waals surface area (Å²) in [6.45, 7) is 4.17. The minimum absolute atomic E-state index is 0.0331. The Morgan fingerprint density at radius 2 is 2.00 bits per heavy atom. The summed E-state index contributed by atoms with van der Waals surface area (Å²) in [5.41, 5.74) is 2.78. The molecule has 0 aliphatic carbocycles. The van der Waals surface area contributed by atoms with Crippen LogP contribution in [0.4, 0.5) is 15.9 Å². The van der Waals surface area contributed by atoms with E-state index in [4.69, 9.17) is 9.97 Å². The number of piperidine rings is 1. The Hall–Kier alpha value is -4.28. The van der Waals surface area contributed by atoms with Crippen molar-refractivity contribution in [1.29, 1.82) is 0 Å². The molecule has 4 heterocycles. The number of rotatable bonds is 5. The molecule has 5 rings (SSSR count). The van der Waals surface area contributed by atoms with Gasteiger partial charge in [0.05, 0.1) is 11.9 Å². The van der Waals surface area contributed by atoms with Crippen molar-refractivity contribution in [3.8, 4) is 22.6 Å². The summed E-state index contributed by atoms with van der Waals surface area (Å²) in [6, 6.07) is 6.46. The molecule has 178 valence electrons. The predicted octanol–water partition coefficient (Wildman–Crippen LogP) is 3.72. The van der Waals surface area contributed by atoms with E-state index in [2.05, 4.69) is 37.6 Å². The number of nitrogens with one attached hydrogen (secondary N) is 2. The number of aromatic amines is 1. The van der Waals surface area contributed by atoms with Gasteiger partial charge in [-0.2, -0.15) is 0 Å². The first-order chi connectivity index (χ1) is 17.0.